The summed E-state index contributed by atoms with van der Waals surface area (Å²) in [7, 11) is -7.61. The number of hydrogen-bond donors (Lipinski definition) is 4. The second-order valence-electron chi connectivity index (χ2n) is 15.4. The molecule has 14 nitrogen and oxygen atoms in total. The molecule has 2 aliphatic heterocycles. The van der Waals surface area contributed by atoms with Crippen LogP contribution in [0.1, 0.15) is 34.7 Å². The third kappa shape index (κ3) is 12.3. The van der Waals surface area contributed by atoms with Crippen LogP contribution in [0.3, 0.4) is 0 Å². The fraction of sp³-hybridized carbons (Fsp3) is 0.304. The lowest BCUT2D eigenvalue weighted by Crippen LogP contribution is -2.46. The summed E-state index contributed by atoms with van der Waals surface area (Å²) in [6.45, 7) is 13.1. The highest BCUT2D eigenvalue weighted by molar-refractivity contribution is 7.89. The largest absolute Gasteiger partial charge is 0.456 e. The Morgan fingerprint density at radius 1 is 0.565 bits per heavy atom. The van der Waals surface area contributed by atoms with E-state index in [-0.39, 0.29) is 39.5 Å². The number of amides is 2. The molecule has 0 aliphatic carbocycles. The van der Waals surface area contributed by atoms with Crippen LogP contribution in [0, 0.1) is 27.7 Å². The number of ether oxygens (including phenoxy) is 2. The van der Waals surface area contributed by atoms with Gasteiger partial charge in [-0.3, -0.25) is 9.59 Å². The molecule has 2 aliphatic rings. The number of benzene rings is 5. The molecule has 0 unspecified atom stereocenters. The molecule has 2 fully saturated rings. The highest BCUT2D eigenvalue weighted by Gasteiger charge is 2.31. The van der Waals surface area contributed by atoms with E-state index in [0.717, 1.165) is 27.8 Å². The fourth-order valence-electron chi connectivity index (χ4n) is 7.22. The van der Waals surface area contributed by atoms with Crippen LogP contribution in [0.15, 0.2) is 113 Å². The average molecular weight is 883 g/mol. The quantitative estimate of drug-likeness (QED) is 0.108. The number of piperazine rings is 2. The third-order valence-electron chi connectivity index (χ3n) is 9.93. The smallest absolute Gasteiger partial charge is 0.246 e. The molecule has 0 bridgehead atoms. The van der Waals surface area contributed by atoms with E-state index in [1.165, 1.54) is 27.7 Å². The summed E-state index contributed by atoms with van der Waals surface area (Å²) in [5.41, 5.74) is 5.78. The molecular weight excluding hydrogens is 829 g/mol. The topological polar surface area (TPSA) is 175 Å². The monoisotopic (exact) mass is 882 g/mol. The van der Waals surface area contributed by atoms with Crippen LogP contribution in [0.5, 0.6) is 23.0 Å². The lowest BCUT2D eigenvalue weighted by atomic mass is 10.1. The molecule has 5 aromatic carbocycles. The summed E-state index contributed by atoms with van der Waals surface area (Å²) < 4.78 is 68.6. The number of rotatable bonds is 12. The van der Waals surface area contributed by atoms with Crippen molar-refractivity contribution in [1.29, 1.82) is 0 Å². The molecule has 328 valence electrons. The van der Waals surface area contributed by atoms with Crippen molar-refractivity contribution in [3.63, 3.8) is 0 Å². The first-order chi connectivity index (χ1) is 29.6. The molecule has 2 heterocycles. The molecule has 2 saturated heterocycles. The molecule has 0 saturated carbocycles. The second-order valence-corrected chi connectivity index (χ2v) is 19.2. The van der Waals surface area contributed by atoms with Crippen molar-refractivity contribution in [3.8, 4) is 23.0 Å². The first-order valence-electron chi connectivity index (χ1n) is 20.4. The van der Waals surface area contributed by atoms with Crippen molar-refractivity contribution in [1.82, 2.24) is 19.2 Å². The highest BCUT2D eigenvalue weighted by atomic mass is 32.2. The molecule has 5 aromatic rings. The van der Waals surface area contributed by atoms with Crippen molar-refractivity contribution in [3.05, 3.63) is 131 Å². The van der Waals surface area contributed by atoms with Gasteiger partial charge in [0, 0.05) is 70.7 Å². The number of nitrogens with zero attached hydrogens (tertiary/aromatic N) is 2. The van der Waals surface area contributed by atoms with Crippen LogP contribution in [-0.4, -0.2) is 89.6 Å². The number of carbonyl (C=O) groups is 2. The number of sulfonamides is 2. The van der Waals surface area contributed by atoms with E-state index in [9.17, 15) is 26.4 Å². The number of nitrogens with one attached hydrogen (secondary N) is 4. The van der Waals surface area contributed by atoms with Crippen molar-refractivity contribution in [2.24, 2.45) is 0 Å². The maximum Gasteiger partial charge on any atom is 0.246 e. The Hall–Kier alpha value is -5.62. The Labute approximate surface area is 364 Å². The van der Waals surface area contributed by atoms with Crippen LogP contribution in [0.4, 0.5) is 11.4 Å². The van der Waals surface area contributed by atoms with Crippen LogP contribution in [-0.2, 0) is 36.1 Å². The van der Waals surface area contributed by atoms with E-state index < -0.39 is 20.0 Å². The van der Waals surface area contributed by atoms with Gasteiger partial charge in [-0.2, -0.15) is 8.61 Å². The van der Waals surface area contributed by atoms with Gasteiger partial charge in [-0.15, -0.1) is 0 Å². The van der Waals surface area contributed by atoms with Crippen LogP contribution >= 0.6 is 0 Å². The molecular formula is C46H54N6O8S2. The third-order valence-corrected chi connectivity index (χ3v) is 13.8. The molecule has 0 aromatic heterocycles. The summed E-state index contributed by atoms with van der Waals surface area (Å²) in [4.78, 5) is 24.1. The van der Waals surface area contributed by atoms with Gasteiger partial charge in [0.25, 0.3) is 0 Å². The summed E-state index contributed by atoms with van der Waals surface area (Å²) >= 11 is 0. The van der Waals surface area contributed by atoms with Gasteiger partial charge >= 0.3 is 0 Å². The molecule has 7 rings (SSSR count). The van der Waals surface area contributed by atoms with E-state index in [2.05, 4.69) is 21.3 Å². The first kappa shape index (κ1) is 45.9. The normalized spacial score (nSPS) is 14.9. The summed E-state index contributed by atoms with van der Waals surface area (Å²) in [6.07, 6.45) is 0.196. The van der Waals surface area contributed by atoms with Crippen molar-refractivity contribution >= 4 is 43.2 Å². The predicted molar refractivity (Wildman–Crippen MR) is 241 cm³/mol. The lowest BCUT2D eigenvalue weighted by Gasteiger charge is -2.27. The van der Waals surface area contributed by atoms with Gasteiger partial charge in [0.05, 0.1) is 6.42 Å². The number of hydrogen-bond acceptors (Lipinski definition) is 10. The maximum absolute atomic E-state index is 13.6. The summed E-state index contributed by atoms with van der Waals surface area (Å²) in [5.74, 6) is 1.10. The van der Waals surface area contributed by atoms with Gasteiger partial charge in [-0.05, 0) is 116 Å². The zero-order valence-corrected chi connectivity index (χ0v) is 37.3. The molecule has 0 radical (unpaired) electrons. The van der Waals surface area contributed by atoms with Crippen LogP contribution < -0.4 is 30.7 Å². The van der Waals surface area contributed by atoms with Gasteiger partial charge < -0.3 is 30.7 Å². The molecule has 4 N–H and O–H groups in total. The highest BCUT2D eigenvalue weighted by Crippen LogP contribution is 2.36. The number of carbonyl (C=O) groups excluding carboxylic acids is 2. The molecule has 2 amide bonds. The molecule has 62 heavy (non-hydrogen) atoms. The predicted octanol–water partition coefficient (Wildman–Crippen LogP) is 6.52. The lowest BCUT2D eigenvalue weighted by molar-refractivity contribution is -0.116. The van der Waals surface area contributed by atoms with Gasteiger partial charge in [-0.1, -0.05) is 42.5 Å². The summed E-state index contributed by atoms with van der Waals surface area (Å²) in [6, 6.07) is 30.3. The van der Waals surface area contributed by atoms with Crippen LogP contribution in [0.2, 0.25) is 0 Å². The van der Waals surface area contributed by atoms with Crippen molar-refractivity contribution < 1.29 is 35.9 Å². The Morgan fingerprint density at radius 3 is 1.37 bits per heavy atom. The van der Waals surface area contributed by atoms with Crippen molar-refractivity contribution in [2.45, 2.75) is 50.8 Å². The Balaban J connectivity index is 0.000000211. The first-order valence-corrected chi connectivity index (χ1v) is 23.3. The Bertz CT molecular complexity index is 2570. The number of anilines is 2. The van der Waals surface area contributed by atoms with Crippen LogP contribution in [0.25, 0.3) is 0 Å². The van der Waals surface area contributed by atoms with E-state index >= 15 is 0 Å². The standard InChI is InChI=1S/C26H29N3O4S.C20H25N3O4S/c1-19-14-20(2)16-23(15-19)33-24-9-8-22(28-26(30)17-21-6-4-3-5-7-21)18-25(24)34(31,32)29-12-10-27-11-13-29;1-14-10-15(2)12-18(11-14)27-19-5-4-17(22-16(3)24)13-20(19)28(25,26)23-8-6-21-7-9-23/h3-9,14-16,18,27H,10-13,17H2,1-2H3,(H,28,30);4-5,10-13,21H,6-9H2,1-3H3,(H,22,24). The molecule has 0 spiro atoms. The SMILES string of the molecule is CC(=O)Nc1ccc(Oc2cc(C)cc(C)c2)c(S(=O)(=O)N2CCNCC2)c1.Cc1cc(C)cc(Oc2ccc(NC(=O)Cc3ccccc3)cc2S(=O)(=O)N2CCNCC2)c1. The Morgan fingerprint density at radius 2 is 0.968 bits per heavy atom. The van der Waals surface area contributed by atoms with E-state index in [4.69, 9.17) is 9.47 Å². The minimum atomic E-state index is -3.83. The second kappa shape index (κ2) is 20.5. The van der Waals surface area contributed by atoms with E-state index in [1.54, 1.807) is 24.3 Å². The fourth-order valence-corrected chi connectivity index (χ4v) is 10.4. The minimum absolute atomic E-state index is 0.0334. The van der Waals surface area contributed by atoms with E-state index in [0.29, 0.717) is 75.2 Å². The Kier molecular flexibility index (Phi) is 15.2. The van der Waals surface area contributed by atoms with Gasteiger partial charge in [0.1, 0.15) is 32.8 Å². The van der Waals surface area contributed by atoms with Gasteiger partial charge in [0.15, 0.2) is 0 Å². The van der Waals surface area contributed by atoms with E-state index in [1.807, 2.05) is 94.4 Å². The zero-order valence-electron chi connectivity index (χ0n) is 35.7. The van der Waals surface area contributed by atoms with Crippen molar-refractivity contribution in [2.75, 3.05) is 63.0 Å². The molecule has 0 atom stereocenters. The van der Waals surface area contributed by atoms with Gasteiger partial charge in [0.2, 0.25) is 31.9 Å². The minimum Gasteiger partial charge on any atom is -0.456 e. The zero-order chi connectivity index (χ0) is 44.4. The number of aryl methyl sites for hydroxylation is 4. The summed E-state index contributed by atoms with van der Waals surface area (Å²) in [5, 5.41) is 11.8. The maximum atomic E-state index is 13.6. The average Bonchev–Trinajstić information content (AvgIpc) is 3.22. The van der Waals surface area contributed by atoms with Gasteiger partial charge in [-0.25, -0.2) is 16.8 Å². The molecule has 16 heteroatoms.